The Morgan fingerprint density at radius 3 is 2.78 bits per heavy atom. The summed E-state index contributed by atoms with van der Waals surface area (Å²) in [6.07, 6.45) is 3.35. The summed E-state index contributed by atoms with van der Waals surface area (Å²) in [6.45, 7) is 1.42. The number of hydrogen-bond acceptors (Lipinski definition) is 6. The Labute approximate surface area is 154 Å². The first-order valence-corrected chi connectivity index (χ1v) is 8.72. The van der Waals surface area contributed by atoms with Crippen LogP contribution in [0.4, 0.5) is 24.5 Å². The molecule has 3 aliphatic heterocycles. The zero-order valence-electron chi connectivity index (χ0n) is 14.5. The van der Waals surface area contributed by atoms with Crippen LogP contribution in [0.3, 0.4) is 0 Å². The molecule has 0 aromatic carbocycles. The Balaban J connectivity index is 1.79. The van der Waals surface area contributed by atoms with E-state index in [0.717, 1.165) is 37.3 Å². The van der Waals surface area contributed by atoms with Crippen LogP contribution in [-0.2, 0) is 4.74 Å². The second kappa shape index (κ2) is 6.58. The molecule has 0 saturated carbocycles. The standard InChI is InChI=1S/C18H20F3N5O/c19-18(20,21)11-6-16-14(7-17(23)27-16)26(9-11)15-8-24-4-3-13(15)25-5-1-2-12(22)10-25/h3-4,6-9,12,17H,1-2,5,10,22-23H2. The molecule has 4 rings (SSSR count). The number of nitrogens with two attached hydrogens (primary N) is 2. The smallest absolute Gasteiger partial charge is 0.417 e. The summed E-state index contributed by atoms with van der Waals surface area (Å²) < 4.78 is 45.6. The average Bonchev–Trinajstić information content (AvgIpc) is 3.00. The molecule has 0 aliphatic carbocycles. The largest absolute Gasteiger partial charge is 0.470 e. The van der Waals surface area contributed by atoms with Crippen molar-refractivity contribution in [2.24, 2.45) is 11.5 Å². The summed E-state index contributed by atoms with van der Waals surface area (Å²) in [5.74, 6) is 0.0995. The lowest BCUT2D eigenvalue weighted by Gasteiger charge is -2.36. The molecule has 3 aliphatic rings. The number of anilines is 2. The van der Waals surface area contributed by atoms with E-state index in [1.807, 2.05) is 0 Å². The van der Waals surface area contributed by atoms with Crippen LogP contribution in [-0.4, -0.2) is 36.5 Å². The number of rotatable bonds is 2. The van der Waals surface area contributed by atoms with Crippen LogP contribution < -0.4 is 21.3 Å². The summed E-state index contributed by atoms with van der Waals surface area (Å²) in [7, 11) is 0. The van der Waals surface area contributed by atoms with Gasteiger partial charge in [0.25, 0.3) is 0 Å². The van der Waals surface area contributed by atoms with Crippen LogP contribution in [0.2, 0.25) is 0 Å². The zero-order valence-corrected chi connectivity index (χ0v) is 14.5. The predicted molar refractivity (Wildman–Crippen MR) is 95.5 cm³/mol. The van der Waals surface area contributed by atoms with Crippen LogP contribution in [0.25, 0.3) is 0 Å². The summed E-state index contributed by atoms with van der Waals surface area (Å²) >= 11 is 0. The number of pyridine rings is 1. The van der Waals surface area contributed by atoms with Crippen LogP contribution in [0.1, 0.15) is 12.8 Å². The molecule has 144 valence electrons. The predicted octanol–water partition coefficient (Wildman–Crippen LogP) is 2.36. The Bertz CT molecular complexity index is 833. The molecule has 27 heavy (non-hydrogen) atoms. The fraction of sp³-hybridized carbons (Fsp3) is 0.389. The molecule has 0 radical (unpaired) electrons. The Morgan fingerprint density at radius 2 is 2.04 bits per heavy atom. The van der Waals surface area contributed by atoms with Crippen molar-refractivity contribution in [1.82, 2.24) is 4.98 Å². The van der Waals surface area contributed by atoms with Crippen molar-refractivity contribution in [2.45, 2.75) is 31.3 Å². The van der Waals surface area contributed by atoms with Crippen molar-refractivity contribution in [2.75, 3.05) is 22.9 Å². The normalized spacial score (nSPS) is 25.4. The third-order valence-electron chi connectivity index (χ3n) is 4.82. The fourth-order valence-electron chi connectivity index (χ4n) is 3.59. The maximum Gasteiger partial charge on any atom is 0.417 e. The number of allylic oxidation sites excluding steroid dienone is 2. The van der Waals surface area contributed by atoms with Crippen molar-refractivity contribution < 1.29 is 17.9 Å². The quantitative estimate of drug-likeness (QED) is 0.821. The molecule has 1 saturated heterocycles. The lowest BCUT2D eigenvalue weighted by atomic mass is 10.0. The van der Waals surface area contributed by atoms with Gasteiger partial charge >= 0.3 is 6.18 Å². The second-order valence-electron chi connectivity index (χ2n) is 6.81. The van der Waals surface area contributed by atoms with Gasteiger partial charge in [-0.05, 0) is 31.1 Å². The third kappa shape index (κ3) is 3.40. The van der Waals surface area contributed by atoms with E-state index in [2.05, 4.69) is 9.88 Å². The van der Waals surface area contributed by atoms with Gasteiger partial charge in [-0.1, -0.05) is 0 Å². The van der Waals surface area contributed by atoms with Gasteiger partial charge in [0.15, 0.2) is 6.23 Å². The number of alkyl halides is 3. The lowest BCUT2D eigenvalue weighted by molar-refractivity contribution is -0.0888. The molecule has 9 heteroatoms. The number of halogens is 3. The first kappa shape index (κ1) is 17.9. The van der Waals surface area contributed by atoms with Gasteiger partial charge in [0.1, 0.15) is 5.76 Å². The van der Waals surface area contributed by atoms with Crippen molar-refractivity contribution in [1.29, 1.82) is 0 Å². The number of piperidine rings is 1. The van der Waals surface area contributed by atoms with Crippen molar-refractivity contribution in [3.63, 3.8) is 0 Å². The van der Waals surface area contributed by atoms with Crippen LogP contribution >= 0.6 is 0 Å². The lowest BCUT2D eigenvalue weighted by Crippen LogP contribution is -2.43. The monoisotopic (exact) mass is 379 g/mol. The van der Waals surface area contributed by atoms with Crippen molar-refractivity contribution >= 4 is 11.4 Å². The molecular formula is C18H20F3N5O. The second-order valence-corrected chi connectivity index (χ2v) is 6.81. The van der Waals surface area contributed by atoms with E-state index >= 15 is 0 Å². The summed E-state index contributed by atoms with van der Waals surface area (Å²) in [6, 6.07) is 1.82. The molecule has 4 heterocycles. The number of nitrogens with zero attached hydrogens (tertiary/aromatic N) is 3. The third-order valence-corrected chi connectivity index (χ3v) is 4.82. The van der Waals surface area contributed by atoms with Gasteiger partial charge in [-0.25, -0.2) is 0 Å². The highest BCUT2D eigenvalue weighted by Crippen LogP contribution is 2.42. The van der Waals surface area contributed by atoms with Crippen LogP contribution in [0.5, 0.6) is 0 Å². The van der Waals surface area contributed by atoms with E-state index in [0.29, 0.717) is 17.9 Å². The molecule has 1 fully saturated rings. The van der Waals surface area contributed by atoms with E-state index in [9.17, 15) is 13.2 Å². The zero-order chi connectivity index (χ0) is 19.2. The highest BCUT2D eigenvalue weighted by atomic mass is 19.4. The molecular weight excluding hydrogens is 359 g/mol. The minimum absolute atomic E-state index is 0.0281. The topological polar surface area (TPSA) is 80.6 Å². The minimum Gasteiger partial charge on any atom is -0.470 e. The number of fused-ring (bicyclic) bond motifs is 1. The van der Waals surface area contributed by atoms with Gasteiger partial charge in [-0.3, -0.25) is 10.7 Å². The summed E-state index contributed by atoms with van der Waals surface area (Å²) in [4.78, 5) is 7.66. The van der Waals surface area contributed by atoms with Crippen LogP contribution in [0.15, 0.2) is 53.8 Å². The average molecular weight is 379 g/mol. The molecule has 2 atom stereocenters. The molecule has 1 aromatic heterocycles. The fourth-order valence-corrected chi connectivity index (χ4v) is 3.59. The molecule has 1 aromatic rings. The maximum atomic E-state index is 13.4. The highest BCUT2D eigenvalue weighted by molar-refractivity contribution is 5.77. The maximum absolute atomic E-state index is 13.4. The van der Waals surface area contributed by atoms with E-state index in [1.54, 1.807) is 24.5 Å². The molecule has 0 amide bonds. The molecule has 6 nitrogen and oxygen atoms in total. The van der Waals surface area contributed by atoms with E-state index < -0.39 is 18.0 Å². The van der Waals surface area contributed by atoms with Gasteiger partial charge in [0.2, 0.25) is 0 Å². The van der Waals surface area contributed by atoms with Crippen molar-refractivity contribution in [3.05, 3.63) is 53.8 Å². The van der Waals surface area contributed by atoms with Gasteiger partial charge in [0, 0.05) is 31.5 Å². The van der Waals surface area contributed by atoms with Gasteiger partial charge in [0.05, 0.1) is 28.8 Å². The van der Waals surface area contributed by atoms with E-state index in [-0.39, 0.29) is 11.8 Å². The summed E-state index contributed by atoms with van der Waals surface area (Å²) in [5, 5.41) is 0. The van der Waals surface area contributed by atoms with Gasteiger partial charge < -0.3 is 20.3 Å². The van der Waals surface area contributed by atoms with Crippen molar-refractivity contribution in [3.8, 4) is 0 Å². The Morgan fingerprint density at radius 1 is 1.22 bits per heavy atom. The Hall–Kier alpha value is -2.52. The number of ether oxygens (including phenoxy) is 1. The van der Waals surface area contributed by atoms with Gasteiger partial charge in [-0.15, -0.1) is 0 Å². The van der Waals surface area contributed by atoms with Gasteiger partial charge in [-0.2, -0.15) is 13.2 Å². The minimum atomic E-state index is -4.51. The number of hydrogen-bond donors (Lipinski definition) is 2. The van der Waals surface area contributed by atoms with Crippen LogP contribution in [0, 0.1) is 0 Å². The first-order chi connectivity index (χ1) is 12.8. The molecule has 2 unspecified atom stereocenters. The Kier molecular flexibility index (Phi) is 4.35. The summed E-state index contributed by atoms with van der Waals surface area (Å²) in [5.41, 5.74) is 12.8. The van der Waals surface area contributed by atoms with E-state index in [4.69, 9.17) is 16.2 Å². The first-order valence-electron chi connectivity index (χ1n) is 8.72. The number of aromatic nitrogens is 1. The molecule has 4 N–H and O–H groups in total. The molecule has 0 bridgehead atoms. The van der Waals surface area contributed by atoms with E-state index in [1.165, 1.54) is 4.90 Å². The molecule has 0 spiro atoms. The SMILES string of the molecule is NC1CCCN(c2ccncc2N2C=C(C(F)(F)F)C=C3OC(N)C=C32)C1. The highest BCUT2D eigenvalue weighted by Gasteiger charge is 2.39.